The molecular weight excluding hydrogens is 196 g/mol. The summed E-state index contributed by atoms with van der Waals surface area (Å²) in [5.41, 5.74) is -0.0663. The van der Waals surface area contributed by atoms with Crippen LogP contribution in [0.2, 0.25) is 0 Å². The first-order valence-electron chi connectivity index (χ1n) is 4.73. The number of rotatable bonds is 2. The number of hydrogen-bond donors (Lipinski definition) is 1. The summed E-state index contributed by atoms with van der Waals surface area (Å²) in [7, 11) is 0. The molecule has 0 radical (unpaired) electrons. The van der Waals surface area contributed by atoms with Gasteiger partial charge in [0.05, 0.1) is 5.92 Å². The lowest BCUT2D eigenvalue weighted by Gasteiger charge is -1.98. The minimum atomic E-state index is -0.661. The average molecular weight is 210 g/mol. The Bertz CT molecular complexity index is 378. The van der Waals surface area contributed by atoms with Gasteiger partial charge in [0, 0.05) is 15.7 Å². The van der Waals surface area contributed by atoms with Gasteiger partial charge in [-0.3, -0.25) is 4.79 Å². The molecule has 1 fully saturated rings. The second-order valence-corrected chi connectivity index (χ2v) is 5.88. The number of carbonyl (C=O) groups is 1. The van der Waals surface area contributed by atoms with Gasteiger partial charge in [0.25, 0.3) is 0 Å². The van der Waals surface area contributed by atoms with Crippen LogP contribution in [-0.4, -0.2) is 11.1 Å². The molecule has 2 rings (SSSR count). The molecule has 1 heterocycles. The van der Waals surface area contributed by atoms with Crippen molar-refractivity contribution in [2.24, 2.45) is 11.3 Å². The van der Waals surface area contributed by atoms with Crippen molar-refractivity contribution in [1.29, 1.82) is 0 Å². The smallest absolute Gasteiger partial charge is 0.307 e. The maximum atomic E-state index is 11.0. The van der Waals surface area contributed by atoms with E-state index in [0.29, 0.717) is 0 Å². The van der Waals surface area contributed by atoms with Crippen molar-refractivity contribution in [3.8, 4) is 0 Å². The average Bonchev–Trinajstić information content (AvgIpc) is 2.42. The molecule has 1 N–H and O–H groups in total. The van der Waals surface area contributed by atoms with Crippen LogP contribution in [0.15, 0.2) is 12.1 Å². The summed E-state index contributed by atoms with van der Waals surface area (Å²) in [5.74, 6) is -0.634. The molecule has 0 saturated heterocycles. The number of hydrogen-bond acceptors (Lipinski definition) is 2. The van der Waals surface area contributed by atoms with Gasteiger partial charge in [0.1, 0.15) is 0 Å². The highest BCUT2D eigenvalue weighted by molar-refractivity contribution is 7.12. The highest BCUT2D eigenvalue weighted by Gasteiger charge is 2.63. The second kappa shape index (κ2) is 2.83. The summed E-state index contributed by atoms with van der Waals surface area (Å²) in [6.07, 6.45) is 0. The quantitative estimate of drug-likeness (QED) is 0.815. The zero-order valence-electron chi connectivity index (χ0n) is 8.57. The number of carboxylic acid groups (broad SMARTS) is 1. The molecule has 3 heteroatoms. The molecule has 0 aliphatic heterocycles. The van der Waals surface area contributed by atoms with E-state index in [9.17, 15) is 4.79 Å². The molecule has 1 aromatic rings. The summed E-state index contributed by atoms with van der Waals surface area (Å²) in [4.78, 5) is 13.5. The van der Waals surface area contributed by atoms with E-state index in [1.54, 1.807) is 11.3 Å². The van der Waals surface area contributed by atoms with Gasteiger partial charge in [-0.1, -0.05) is 13.8 Å². The Labute approximate surface area is 87.6 Å². The topological polar surface area (TPSA) is 37.3 Å². The molecule has 0 aromatic carbocycles. The summed E-state index contributed by atoms with van der Waals surface area (Å²) in [6.45, 7) is 6.12. The number of carboxylic acids is 1. The van der Waals surface area contributed by atoms with Gasteiger partial charge in [-0.25, -0.2) is 0 Å². The van der Waals surface area contributed by atoms with Crippen LogP contribution in [0.4, 0.5) is 0 Å². The molecule has 1 aliphatic rings. The fraction of sp³-hybridized carbons (Fsp3) is 0.545. The SMILES string of the molecule is Cc1ccc([C@H]2[C@H](C(=O)O)C2(C)C)s1. The van der Waals surface area contributed by atoms with Crippen molar-refractivity contribution in [2.75, 3.05) is 0 Å². The molecular formula is C11H14O2S. The Morgan fingerprint density at radius 3 is 2.50 bits per heavy atom. The fourth-order valence-electron chi connectivity index (χ4n) is 2.25. The third-order valence-corrected chi connectivity index (χ3v) is 4.24. The van der Waals surface area contributed by atoms with Crippen molar-refractivity contribution in [3.63, 3.8) is 0 Å². The minimum Gasteiger partial charge on any atom is -0.481 e. The maximum Gasteiger partial charge on any atom is 0.307 e. The van der Waals surface area contributed by atoms with Crippen molar-refractivity contribution >= 4 is 17.3 Å². The maximum absolute atomic E-state index is 11.0. The molecule has 1 aromatic heterocycles. The predicted octanol–water partition coefficient (Wildman–Crippen LogP) is 2.88. The van der Waals surface area contributed by atoms with Gasteiger partial charge in [-0.15, -0.1) is 11.3 Å². The lowest BCUT2D eigenvalue weighted by Crippen LogP contribution is -2.02. The number of aliphatic carboxylic acids is 1. The lowest BCUT2D eigenvalue weighted by atomic mass is 10.1. The Hall–Kier alpha value is -0.830. The molecule has 0 amide bonds. The van der Waals surface area contributed by atoms with Gasteiger partial charge in [-0.05, 0) is 24.5 Å². The van der Waals surface area contributed by atoms with Crippen LogP contribution in [-0.2, 0) is 4.79 Å². The van der Waals surface area contributed by atoms with E-state index in [4.69, 9.17) is 5.11 Å². The Balaban J connectivity index is 2.27. The normalized spacial score (nSPS) is 28.8. The molecule has 0 unspecified atom stereocenters. The van der Waals surface area contributed by atoms with Gasteiger partial charge in [0.2, 0.25) is 0 Å². The Morgan fingerprint density at radius 1 is 1.50 bits per heavy atom. The van der Waals surface area contributed by atoms with Gasteiger partial charge in [-0.2, -0.15) is 0 Å². The van der Waals surface area contributed by atoms with Crippen molar-refractivity contribution in [1.82, 2.24) is 0 Å². The molecule has 2 nitrogen and oxygen atoms in total. The third-order valence-electron chi connectivity index (χ3n) is 3.16. The number of aryl methyl sites for hydroxylation is 1. The van der Waals surface area contributed by atoms with Crippen molar-refractivity contribution in [2.45, 2.75) is 26.7 Å². The molecule has 0 bridgehead atoms. The zero-order chi connectivity index (χ0) is 10.5. The van der Waals surface area contributed by atoms with E-state index in [0.717, 1.165) is 0 Å². The summed E-state index contributed by atoms with van der Waals surface area (Å²) < 4.78 is 0. The van der Waals surface area contributed by atoms with Crippen LogP contribution < -0.4 is 0 Å². The molecule has 14 heavy (non-hydrogen) atoms. The first-order chi connectivity index (χ1) is 6.44. The fourth-order valence-corrected chi connectivity index (χ4v) is 3.46. The minimum absolute atomic E-state index is 0.0663. The zero-order valence-corrected chi connectivity index (χ0v) is 9.39. The van der Waals surface area contributed by atoms with Crippen LogP contribution in [0.25, 0.3) is 0 Å². The monoisotopic (exact) mass is 210 g/mol. The van der Waals surface area contributed by atoms with Crippen LogP contribution >= 0.6 is 11.3 Å². The van der Waals surface area contributed by atoms with E-state index in [-0.39, 0.29) is 17.3 Å². The van der Waals surface area contributed by atoms with E-state index < -0.39 is 5.97 Å². The van der Waals surface area contributed by atoms with Crippen LogP contribution in [0.3, 0.4) is 0 Å². The summed E-state index contributed by atoms with van der Waals surface area (Å²) in [5, 5.41) is 9.03. The molecule has 2 atom stereocenters. The summed E-state index contributed by atoms with van der Waals surface area (Å²) in [6, 6.07) is 4.13. The standard InChI is InChI=1S/C11H14O2S/c1-6-4-5-7(14-6)8-9(10(12)13)11(8,2)3/h4-5,8-9H,1-3H3,(H,12,13)/t8-,9+/m0/s1. The predicted molar refractivity (Wildman–Crippen MR) is 56.7 cm³/mol. The molecule has 1 aliphatic carbocycles. The highest BCUT2D eigenvalue weighted by atomic mass is 32.1. The first kappa shape index (κ1) is 9.71. The Morgan fingerprint density at radius 2 is 2.14 bits per heavy atom. The van der Waals surface area contributed by atoms with Crippen LogP contribution in [0.5, 0.6) is 0 Å². The van der Waals surface area contributed by atoms with Gasteiger partial charge < -0.3 is 5.11 Å². The van der Waals surface area contributed by atoms with Gasteiger partial charge >= 0.3 is 5.97 Å². The van der Waals surface area contributed by atoms with E-state index >= 15 is 0 Å². The highest BCUT2D eigenvalue weighted by Crippen LogP contribution is 2.65. The van der Waals surface area contributed by atoms with Crippen LogP contribution in [0, 0.1) is 18.3 Å². The van der Waals surface area contributed by atoms with Crippen molar-refractivity contribution < 1.29 is 9.90 Å². The summed E-state index contributed by atoms with van der Waals surface area (Å²) >= 11 is 1.72. The first-order valence-corrected chi connectivity index (χ1v) is 5.55. The van der Waals surface area contributed by atoms with Crippen LogP contribution in [0.1, 0.15) is 29.5 Å². The van der Waals surface area contributed by atoms with E-state index in [1.165, 1.54) is 9.75 Å². The molecule has 76 valence electrons. The van der Waals surface area contributed by atoms with E-state index in [1.807, 2.05) is 13.8 Å². The Kier molecular flexibility index (Phi) is 1.96. The third kappa shape index (κ3) is 1.27. The lowest BCUT2D eigenvalue weighted by molar-refractivity contribution is -0.139. The van der Waals surface area contributed by atoms with E-state index in [2.05, 4.69) is 19.1 Å². The largest absolute Gasteiger partial charge is 0.481 e. The number of thiophene rings is 1. The molecule has 0 spiro atoms. The van der Waals surface area contributed by atoms with Gasteiger partial charge in [0.15, 0.2) is 0 Å². The molecule has 1 saturated carbocycles. The second-order valence-electron chi connectivity index (χ2n) is 4.56. The van der Waals surface area contributed by atoms with Crippen molar-refractivity contribution in [3.05, 3.63) is 21.9 Å².